The van der Waals surface area contributed by atoms with Gasteiger partial charge in [-0.2, -0.15) is 0 Å². The molecule has 6 heterocycles. The third-order valence-corrected chi connectivity index (χ3v) is 18.4. The Kier molecular flexibility index (Phi) is 18.8. The first-order valence-corrected chi connectivity index (χ1v) is 31.2. The van der Waals surface area contributed by atoms with Gasteiger partial charge in [0.2, 0.25) is 26.0 Å². The zero-order chi connectivity index (χ0) is 56.2. The van der Waals surface area contributed by atoms with Crippen molar-refractivity contribution in [3.05, 3.63) is 192 Å². The molecule has 2 fully saturated rings. The average Bonchev–Trinajstić information content (AvgIpc) is 4.15. The van der Waals surface area contributed by atoms with E-state index in [1.807, 2.05) is 84.9 Å². The van der Waals surface area contributed by atoms with Crippen LogP contribution in [0.4, 0.5) is 0 Å². The second-order valence-corrected chi connectivity index (χ2v) is 24.8. The summed E-state index contributed by atoms with van der Waals surface area (Å²) in [7, 11) is -7.73. The fourth-order valence-electron chi connectivity index (χ4n) is 11.1. The van der Waals surface area contributed by atoms with Crippen molar-refractivity contribution < 1.29 is 31.5 Å². The molecule has 1 amide bonds. The molecule has 4 N–H and O–H groups in total. The van der Waals surface area contributed by atoms with Crippen LogP contribution < -0.4 is 14.8 Å². The number of likely N-dealkylation sites (tertiary alicyclic amines) is 2. The highest BCUT2D eigenvalue weighted by Crippen LogP contribution is 2.27. The fraction of sp³-hybridized carbons (Fsp3) is 0.355. The molecule has 81 heavy (non-hydrogen) atoms. The van der Waals surface area contributed by atoms with Crippen LogP contribution in [0, 0.1) is 0 Å². The first-order valence-electron chi connectivity index (χ1n) is 28.2. The largest absolute Gasteiger partial charge is 0.481 e. The van der Waals surface area contributed by atoms with Crippen molar-refractivity contribution in [1.29, 1.82) is 0 Å². The second-order valence-electron chi connectivity index (χ2n) is 21.3. The molecule has 19 heteroatoms. The van der Waals surface area contributed by atoms with Gasteiger partial charge in [-0.1, -0.05) is 134 Å². The Morgan fingerprint density at radius 2 is 0.975 bits per heavy atom. The number of fused-ring (bicyclic) bond motifs is 4. The zero-order valence-corrected chi connectivity index (χ0v) is 47.3. The van der Waals surface area contributed by atoms with E-state index in [0.717, 1.165) is 84.4 Å². The van der Waals surface area contributed by atoms with Crippen LogP contribution in [0.15, 0.2) is 168 Å². The minimum Gasteiger partial charge on any atom is -0.481 e. The number of carbonyl (C=O) groups is 2. The number of nitrogens with one attached hydrogen (secondary N) is 3. The van der Waals surface area contributed by atoms with E-state index in [4.69, 9.17) is 15.1 Å². The third-order valence-electron chi connectivity index (χ3n) is 15.4. The van der Waals surface area contributed by atoms with Gasteiger partial charge in [-0.25, -0.2) is 36.2 Å². The Labute approximate surface area is 475 Å². The number of carboxylic acids is 1. The molecule has 0 spiro atoms. The van der Waals surface area contributed by atoms with E-state index in [-0.39, 0.29) is 28.5 Å². The molecule has 12 rings (SSSR count). The van der Waals surface area contributed by atoms with E-state index in [2.05, 4.69) is 46.1 Å². The maximum absolute atomic E-state index is 13.6. The van der Waals surface area contributed by atoms with Gasteiger partial charge in [-0.15, -0.1) is 0 Å². The number of hydrogen-bond donors (Lipinski definition) is 4. The van der Waals surface area contributed by atoms with Crippen molar-refractivity contribution in [1.82, 2.24) is 48.6 Å². The van der Waals surface area contributed by atoms with Crippen molar-refractivity contribution in [3.8, 4) is 0 Å². The summed E-state index contributed by atoms with van der Waals surface area (Å²) in [5, 5.41) is 16.0. The van der Waals surface area contributed by atoms with E-state index in [9.17, 15) is 26.4 Å². The molecular formula is C62H72N10O7S2. The van der Waals surface area contributed by atoms with Crippen LogP contribution in [0.5, 0.6) is 0 Å². The quantitative estimate of drug-likeness (QED) is 0.0717. The van der Waals surface area contributed by atoms with Crippen LogP contribution in [0.1, 0.15) is 97.6 Å². The number of aliphatic carboxylic acids is 1. The molecular weight excluding hydrogens is 1060 g/mol. The molecule has 2 atom stereocenters. The van der Waals surface area contributed by atoms with Crippen LogP contribution in [-0.4, -0.2) is 107 Å². The summed E-state index contributed by atoms with van der Waals surface area (Å²) in [5.41, 5.74) is 3.66. The van der Waals surface area contributed by atoms with Crippen molar-refractivity contribution in [2.24, 2.45) is 0 Å². The van der Waals surface area contributed by atoms with Crippen molar-refractivity contribution in [3.63, 3.8) is 0 Å². The molecule has 0 aliphatic carbocycles. The number of rotatable bonds is 16. The van der Waals surface area contributed by atoms with Crippen LogP contribution >= 0.6 is 0 Å². The number of nitrogens with zero attached hydrogens (tertiary/aromatic N) is 7. The van der Waals surface area contributed by atoms with Gasteiger partial charge in [0.25, 0.3) is 0 Å². The van der Waals surface area contributed by atoms with E-state index >= 15 is 0 Å². The lowest BCUT2D eigenvalue weighted by Gasteiger charge is -2.29. The second kappa shape index (κ2) is 26.7. The molecule has 6 aromatic carbocycles. The van der Waals surface area contributed by atoms with Gasteiger partial charge in [0.1, 0.15) is 11.6 Å². The SMILES string of the molecule is O=C(C[C@@H](NS(=O)(=O)c1ccc2ccccc2c1)c1ccccc1)N1CCn2cc(CN3CCCCC3)nc2C1.O=C(O)C[C@@H](NS(=O)(=O)c1ccc2ccccc2c1)c1ccccc1.c1c(CN2CCCCC2)nc2n1CCNC2. The van der Waals surface area contributed by atoms with Crippen molar-refractivity contribution in [2.75, 3.05) is 39.3 Å². The molecule has 17 nitrogen and oxygen atoms in total. The van der Waals surface area contributed by atoms with Gasteiger partial charge in [-0.05, 0) is 109 Å². The van der Waals surface area contributed by atoms with Crippen molar-refractivity contribution >= 4 is 53.5 Å². The summed E-state index contributed by atoms with van der Waals surface area (Å²) in [6.45, 7) is 11.4. The van der Waals surface area contributed by atoms with E-state index in [0.29, 0.717) is 25.2 Å². The minimum absolute atomic E-state index is 0.0260. The van der Waals surface area contributed by atoms with Crippen molar-refractivity contribution in [2.45, 2.75) is 113 Å². The monoisotopic (exact) mass is 1130 g/mol. The van der Waals surface area contributed by atoms with Gasteiger partial charge in [0.15, 0.2) is 0 Å². The number of piperidine rings is 2. The summed E-state index contributed by atoms with van der Waals surface area (Å²) in [4.78, 5) is 41.3. The number of benzene rings is 6. The Morgan fingerprint density at radius 1 is 0.519 bits per heavy atom. The summed E-state index contributed by atoms with van der Waals surface area (Å²) in [6, 6.07) is 41.5. The first-order chi connectivity index (χ1) is 39.3. The average molecular weight is 1130 g/mol. The highest BCUT2D eigenvalue weighted by molar-refractivity contribution is 7.89. The predicted molar refractivity (Wildman–Crippen MR) is 314 cm³/mol. The Morgan fingerprint density at radius 3 is 1.47 bits per heavy atom. The summed E-state index contributed by atoms with van der Waals surface area (Å²) >= 11 is 0. The normalized spacial score (nSPS) is 16.7. The lowest BCUT2D eigenvalue weighted by Crippen LogP contribution is -2.40. The first kappa shape index (κ1) is 57.1. The molecule has 0 bridgehead atoms. The van der Waals surface area contributed by atoms with Crippen LogP contribution in [0.3, 0.4) is 0 Å². The standard InChI is InChI=1S/C31H35N5O3S.C19H17NO4S.C12H20N4/c37-31(36-18-17-35-22-27(32-30(35)23-36)21-34-15-7-2-8-16-34)20-29(25-10-3-1-4-11-25)33-40(38,39)28-14-13-24-9-5-6-12-26(24)19-28;21-19(22)13-18(15-7-2-1-3-8-15)20-25(23,24)17-11-10-14-6-4-5-9-16(14)12-17;1-2-5-15(6-3-1)9-11-10-16-7-4-13-8-12(16)14-11/h1,3-6,9-14,19,22,29,33H,2,7-8,15-18,20-21,23H2;1-12,18,20H,13H2,(H,21,22);10,13H,1-9H2/t29-;18-;/m11./s1. The maximum Gasteiger partial charge on any atom is 0.305 e. The van der Waals surface area contributed by atoms with Crippen LogP contribution in [0.25, 0.3) is 21.5 Å². The Balaban J connectivity index is 0.000000152. The van der Waals surface area contributed by atoms with Gasteiger partial charge in [-0.3, -0.25) is 19.4 Å². The smallest absolute Gasteiger partial charge is 0.305 e. The number of aromatic nitrogens is 4. The van der Waals surface area contributed by atoms with E-state index in [1.165, 1.54) is 69.2 Å². The lowest BCUT2D eigenvalue weighted by atomic mass is 10.0. The number of sulfonamides is 2. The highest BCUT2D eigenvalue weighted by Gasteiger charge is 2.30. The topological polar surface area (TPSA) is 204 Å². The summed E-state index contributed by atoms with van der Waals surface area (Å²) in [6.07, 6.45) is 11.9. The van der Waals surface area contributed by atoms with Gasteiger partial charge in [0, 0.05) is 58.1 Å². The summed E-state index contributed by atoms with van der Waals surface area (Å²) < 4.78 is 62.3. The molecule has 2 saturated heterocycles. The number of carboxylic acid groups (broad SMARTS) is 1. The third kappa shape index (κ3) is 15.3. The molecule has 4 aliphatic heterocycles. The number of imidazole rings is 2. The number of amides is 1. The van der Waals surface area contributed by atoms with Gasteiger partial charge < -0.3 is 24.5 Å². The van der Waals surface area contributed by atoms with Gasteiger partial charge in [0.05, 0.1) is 52.8 Å². The zero-order valence-electron chi connectivity index (χ0n) is 45.7. The van der Waals surface area contributed by atoms with Crippen LogP contribution in [0.2, 0.25) is 0 Å². The maximum atomic E-state index is 13.6. The molecule has 0 radical (unpaired) electrons. The number of carbonyl (C=O) groups excluding carboxylic acids is 1. The molecule has 8 aromatic rings. The number of hydrogen-bond acceptors (Lipinski definition) is 11. The van der Waals surface area contributed by atoms with Crippen LogP contribution in [-0.2, 0) is 68.9 Å². The minimum atomic E-state index is -3.88. The summed E-state index contributed by atoms with van der Waals surface area (Å²) in [5.74, 6) is 0.926. The van der Waals surface area contributed by atoms with Gasteiger partial charge >= 0.3 is 5.97 Å². The molecule has 0 unspecified atom stereocenters. The Hall–Kier alpha value is -7.10. The van der Waals surface area contributed by atoms with E-state index < -0.39 is 38.1 Å². The Bertz CT molecular complexity index is 3620. The molecule has 2 aromatic heterocycles. The molecule has 0 saturated carbocycles. The predicted octanol–water partition coefficient (Wildman–Crippen LogP) is 8.78. The fourth-order valence-corrected chi connectivity index (χ4v) is 13.6. The molecule has 424 valence electrons. The molecule has 4 aliphatic rings. The van der Waals surface area contributed by atoms with E-state index in [1.54, 1.807) is 59.5 Å². The lowest BCUT2D eigenvalue weighted by molar-refractivity contribution is -0.137. The highest BCUT2D eigenvalue weighted by atomic mass is 32.2.